The Bertz CT molecular complexity index is 1140. The predicted octanol–water partition coefficient (Wildman–Crippen LogP) is 3.95. The summed E-state index contributed by atoms with van der Waals surface area (Å²) in [5.41, 5.74) is 4.14. The SMILES string of the molecule is O=C=C(c1ccc(-c2ccccc2)cc1)N1CCC2(CC1)C(=O)NCN2c1ccccc1. The quantitative estimate of drug-likeness (QED) is 0.646. The third-order valence-corrected chi connectivity index (χ3v) is 6.67. The number of nitrogens with zero attached hydrogens (tertiary/aromatic N) is 2. The normalized spacial score (nSPS) is 17.2. The molecule has 5 nitrogen and oxygen atoms in total. The van der Waals surface area contributed by atoms with Crippen molar-refractivity contribution in [2.75, 3.05) is 24.7 Å². The molecular weight excluding hydrogens is 398 g/mol. The minimum Gasteiger partial charge on any atom is -0.362 e. The van der Waals surface area contributed by atoms with E-state index < -0.39 is 5.54 Å². The Morgan fingerprint density at radius 3 is 2.03 bits per heavy atom. The summed E-state index contributed by atoms with van der Waals surface area (Å²) in [6.45, 7) is 1.77. The fraction of sp³-hybridized carbons (Fsp3) is 0.222. The van der Waals surface area contributed by atoms with Gasteiger partial charge in [-0.3, -0.25) is 4.79 Å². The van der Waals surface area contributed by atoms with Gasteiger partial charge in [0.25, 0.3) is 0 Å². The van der Waals surface area contributed by atoms with Crippen molar-refractivity contribution >= 4 is 23.2 Å². The van der Waals surface area contributed by atoms with E-state index in [4.69, 9.17) is 0 Å². The van der Waals surface area contributed by atoms with E-state index in [0.29, 0.717) is 38.3 Å². The van der Waals surface area contributed by atoms with Crippen LogP contribution in [0.15, 0.2) is 84.9 Å². The highest BCUT2D eigenvalue weighted by atomic mass is 16.2. The molecule has 0 unspecified atom stereocenters. The molecule has 2 aliphatic heterocycles. The van der Waals surface area contributed by atoms with Gasteiger partial charge < -0.3 is 15.1 Å². The highest BCUT2D eigenvalue weighted by molar-refractivity contribution is 5.94. The van der Waals surface area contributed by atoms with Crippen LogP contribution in [0.4, 0.5) is 5.69 Å². The molecule has 2 fully saturated rings. The van der Waals surface area contributed by atoms with Crippen molar-refractivity contribution in [1.82, 2.24) is 10.2 Å². The van der Waals surface area contributed by atoms with Gasteiger partial charge in [-0.2, -0.15) is 0 Å². The van der Waals surface area contributed by atoms with Gasteiger partial charge in [-0.1, -0.05) is 72.8 Å². The van der Waals surface area contributed by atoms with Crippen LogP contribution in [0.3, 0.4) is 0 Å². The van der Waals surface area contributed by atoms with Crippen molar-refractivity contribution in [2.24, 2.45) is 0 Å². The summed E-state index contributed by atoms with van der Waals surface area (Å²) in [7, 11) is 0. The first-order chi connectivity index (χ1) is 15.7. The van der Waals surface area contributed by atoms with Crippen LogP contribution >= 0.6 is 0 Å². The molecular formula is C27H25N3O2. The molecule has 1 amide bonds. The zero-order valence-corrected chi connectivity index (χ0v) is 17.8. The molecule has 0 aromatic heterocycles. The van der Waals surface area contributed by atoms with Crippen molar-refractivity contribution < 1.29 is 9.59 Å². The second kappa shape index (κ2) is 8.37. The third kappa shape index (κ3) is 3.47. The number of para-hydroxylation sites is 1. The van der Waals surface area contributed by atoms with E-state index in [0.717, 1.165) is 22.4 Å². The maximum atomic E-state index is 12.9. The first-order valence-corrected chi connectivity index (χ1v) is 11.0. The third-order valence-electron chi connectivity index (χ3n) is 6.67. The van der Waals surface area contributed by atoms with Gasteiger partial charge in [0.05, 0.1) is 6.67 Å². The summed E-state index contributed by atoms with van der Waals surface area (Å²) in [5.74, 6) is 2.23. The van der Waals surface area contributed by atoms with Crippen molar-refractivity contribution in [2.45, 2.75) is 18.4 Å². The number of likely N-dealkylation sites (tertiary alicyclic amines) is 1. The topological polar surface area (TPSA) is 52.7 Å². The van der Waals surface area contributed by atoms with Crippen LogP contribution in [-0.2, 0) is 9.59 Å². The first kappa shape index (κ1) is 20.1. The molecule has 3 aromatic rings. The zero-order valence-electron chi connectivity index (χ0n) is 17.8. The van der Waals surface area contributed by atoms with Crippen LogP contribution in [0.2, 0.25) is 0 Å². The van der Waals surface area contributed by atoms with Crippen LogP contribution in [0.5, 0.6) is 0 Å². The van der Waals surface area contributed by atoms with E-state index in [1.165, 1.54) is 0 Å². The molecule has 0 radical (unpaired) electrons. The first-order valence-electron chi connectivity index (χ1n) is 11.0. The van der Waals surface area contributed by atoms with Crippen LogP contribution in [-0.4, -0.2) is 42.0 Å². The summed E-state index contributed by atoms with van der Waals surface area (Å²) in [4.78, 5) is 29.0. The molecule has 0 bridgehead atoms. The second-order valence-corrected chi connectivity index (χ2v) is 8.34. The number of hydrogen-bond acceptors (Lipinski definition) is 4. The summed E-state index contributed by atoms with van der Waals surface area (Å²) in [6.07, 6.45) is 1.31. The number of anilines is 1. The van der Waals surface area contributed by atoms with E-state index in [1.807, 2.05) is 72.8 Å². The van der Waals surface area contributed by atoms with Crippen LogP contribution in [0.1, 0.15) is 18.4 Å². The second-order valence-electron chi connectivity index (χ2n) is 8.34. The van der Waals surface area contributed by atoms with Gasteiger partial charge in [-0.25, -0.2) is 4.79 Å². The molecule has 2 saturated heterocycles. The fourth-order valence-corrected chi connectivity index (χ4v) is 4.89. The lowest BCUT2D eigenvalue weighted by molar-refractivity contribution is -0.124. The van der Waals surface area contributed by atoms with Gasteiger partial charge >= 0.3 is 0 Å². The lowest BCUT2D eigenvalue weighted by Gasteiger charge is -2.44. The van der Waals surface area contributed by atoms with E-state index >= 15 is 0 Å². The fourth-order valence-electron chi connectivity index (χ4n) is 4.89. The lowest BCUT2D eigenvalue weighted by Crippen LogP contribution is -2.56. The van der Waals surface area contributed by atoms with Crippen LogP contribution in [0, 0.1) is 0 Å². The molecule has 1 spiro atoms. The van der Waals surface area contributed by atoms with Crippen molar-refractivity contribution in [1.29, 1.82) is 0 Å². The number of piperidine rings is 1. The lowest BCUT2D eigenvalue weighted by atomic mass is 9.85. The highest BCUT2D eigenvalue weighted by Crippen LogP contribution is 2.37. The Kier molecular flexibility index (Phi) is 5.26. The van der Waals surface area contributed by atoms with E-state index in [1.54, 1.807) is 0 Å². The number of hydrogen-bond donors (Lipinski definition) is 1. The van der Waals surface area contributed by atoms with Crippen molar-refractivity contribution in [3.05, 3.63) is 90.5 Å². The van der Waals surface area contributed by atoms with Crippen LogP contribution in [0.25, 0.3) is 16.8 Å². The summed E-state index contributed by atoms with van der Waals surface area (Å²) in [6, 6.07) is 28.2. The molecule has 2 heterocycles. The molecule has 2 aliphatic rings. The Hall–Kier alpha value is -3.82. The number of carbonyl (C=O) groups excluding carboxylic acids is 2. The van der Waals surface area contributed by atoms with Crippen molar-refractivity contribution in [3.63, 3.8) is 0 Å². The highest BCUT2D eigenvalue weighted by Gasteiger charge is 2.50. The van der Waals surface area contributed by atoms with Gasteiger partial charge in [0.1, 0.15) is 11.2 Å². The molecule has 5 heteroatoms. The van der Waals surface area contributed by atoms with E-state index in [2.05, 4.69) is 33.2 Å². The standard InChI is InChI=1S/C27H25N3O2/c31-19-25(23-13-11-22(12-14-23)21-7-3-1-4-8-21)29-17-15-27(16-18-29)26(32)28-20-30(27)24-9-5-2-6-10-24/h1-14H,15-18,20H2,(H,28,32). The number of rotatable bonds is 4. The molecule has 0 atom stereocenters. The molecule has 0 aliphatic carbocycles. The zero-order chi connectivity index (χ0) is 22.0. The van der Waals surface area contributed by atoms with E-state index in [9.17, 15) is 9.59 Å². The minimum atomic E-state index is -0.566. The summed E-state index contributed by atoms with van der Waals surface area (Å²) < 4.78 is 0. The maximum Gasteiger partial charge on any atom is 0.247 e. The van der Waals surface area contributed by atoms with E-state index in [-0.39, 0.29) is 5.91 Å². The van der Waals surface area contributed by atoms with Gasteiger partial charge in [-0.05, 0) is 36.1 Å². The minimum absolute atomic E-state index is 0.0739. The maximum absolute atomic E-state index is 12.9. The van der Waals surface area contributed by atoms with Crippen molar-refractivity contribution in [3.8, 4) is 11.1 Å². The number of amides is 1. The average molecular weight is 424 g/mol. The molecule has 5 rings (SSSR count). The molecule has 160 valence electrons. The monoisotopic (exact) mass is 423 g/mol. The molecule has 1 N–H and O–H groups in total. The summed E-state index contributed by atoms with van der Waals surface area (Å²) >= 11 is 0. The molecule has 0 saturated carbocycles. The van der Waals surface area contributed by atoms with Gasteiger partial charge in [-0.15, -0.1) is 0 Å². The Balaban J connectivity index is 1.34. The van der Waals surface area contributed by atoms with Gasteiger partial charge in [0.15, 0.2) is 5.94 Å². The van der Waals surface area contributed by atoms with Gasteiger partial charge in [0.2, 0.25) is 5.91 Å². The van der Waals surface area contributed by atoms with Crippen LogP contribution < -0.4 is 10.2 Å². The Morgan fingerprint density at radius 2 is 1.41 bits per heavy atom. The Morgan fingerprint density at radius 1 is 0.812 bits per heavy atom. The number of carbonyl (C=O) groups is 1. The smallest absolute Gasteiger partial charge is 0.247 e. The van der Waals surface area contributed by atoms with Gasteiger partial charge in [0, 0.05) is 24.3 Å². The molecule has 32 heavy (non-hydrogen) atoms. The largest absolute Gasteiger partial charge is 0.362 e. The molecule has 3 aromatic carbocycles. The average Bonchev–Trinajstić information content (AvgIpc) is 3.17. The number of benzene rings is 3. The summed E-state index contributed by atoms with van der Waals surface area (Å²) in [5, 5.41) is 3.02. The Labute approximate surface area is 188 Å². The predicted molar refractivity (Wildman–Crippen MR) is 126 cm³/mol. The number of nitrogens with one attached hydrogen (secondary N) is 1.